The largest absolute Gasteiger partial charge is 0.393 e. The van der Waals surface area contributed by atoms with Crippen molar-refractivity contribution in [1.29, 1.82) is 0 Å². The van der Waals surface area contributed by atoms with Crippen LogP contribution in [0.3, 0.4) is 0 Å². The highest BCUT2D eigenvalue weighted by molar-refractivity contribution is 6.05. The van der Waals surface area contributed by atoms with E-state index >= 15 is 0 Å². The zero-order valence-electron chi connectivity index (χ0n) is 16.2. The fraction of sp³-hybridized carbons (Fsp3) is 0.550. The number of imide groups is 1. The topological polar surface area (TPSA) is 95.7 Å². The molecule has 0 aliphatic carbocycles. The second kappa shape index (κ2) is 7.66. The van der Waals surface area contributed by atoms with E-state index in [0.717, 1.165) is 11.1 Å². The highest BCUT2D eigenvalue weighted by atomic mass is 19.4. The number of hydrogen-bond donors (Lipinski definition) is 2. The minimum atomic E-state index is -4.29. The van der Waals surface area contributed by atoms with Gasteiger partial charge in [-0.25, -0.2) is 0 Å². The lowest BCUT2D eigenvalue weighted by atomic mass is 9.91. The van der Waals surface area contributed by atoms with Gasteiger partial charge in [0.2, 0.25) is 11.8 Å². The molecular weight excluding hydrogens is 401 g/mol. The molecule has 7 nitrogen and oxygen atoms in total. The van der Waals surface area contributed by atoms with Gasteiger partial charge in [0.05, 0.1) is 5.92 Å². The number of benzene rings is 1. The van der Waals surface area contributed by atoms with Gasteiger partial charge < -0.3 is 10.6 Å². The van der Waals surface area contributed by atoms with Crippen molar-refractivity contribution in [3.05, 3.63) is 34.9 Å². The minimum absolute atomic E-state index is 0.0438. The maximum absolute atomic E-state index is 13.0. The Labute approximate surface area is 171 Å². The Morgan fingerprint density at radius 3 is 2.60 bits per heavy atom. The van der Waals surface area contributed by atoms with Crippen LogP contribution in [-0.2, 0) is 22.7 Å². The molecule has 3 unspecified atom stereocenters. The van der Waals surface area contributed by atoms with Crippen molar-refractivity contribution in [2.45, 2.75) is 50.6 Å². The van der Waals surface area contributed by atoms with E-state index in [9.17, 15) is 27.6 Å². The van der Waals surface area contributed by atoms with Crippen LogP contribution in [0.4, 0.5) is 13.2 Å². The highest BCUT2D eigenvalue weighted by Gasteiger charge is 2.45. The van der Waals surface area contributed by atoms with Gasteiger partial charge >= 0.3 is 6.18 Å². The number of piperidine rings is 2. The van der Waals surface area contributed by atoms with Crippen molar-refractivity contribution >= 4 is 17.7 Å². The minimum Gasteiger partial charge on any atom is -0.326 e. The smallest absolute Gasteiger partial charge is 0.326 e. The molecule has 4 rings (SSSR count). The first kappa shape index (κ1) is 20.8. The van der Waals surface area contributed by atoms with Crippen LogP contribution >= 0.6 is 0 Å². The average molecular weight is 424 g/mol. The molecule has 1 aromatic carbocycles. The van der Waals surface area contributed by atoms with Crippen LogP contribution in [0.2, 0.25) is 0 Å². The van der Waals surface area contributed by atoms with Gasteiger partial charge in [-0.1, -0.05) is 12.1 Å². The molecular formula is C20H23F3N4O3. The molecule has 3 amide bonds. The van der Waals surface area contributed by atoms with E-state index in [1.807, 2.05) is 17.0 Å². The predicted molar refractivity (Wildman–Crippen MR) is 99.9 cm³/mol. The SMILES string of the molecule is NC1CN(Cc2ccc3c(c2)C(=O)N(C2CCC(=O)NC2=O)C3)CCC1C(F)(F)F. The third kappa shape index (κ3) is 3.93. The number of carbonyl (C=O) groups excluding carboxylic acids is 3. The lowest BCUT2D eigenvalue weighted by Crippen LogP contribution is -2.52. The summed E-state index contributed by atoms with van der Waals surface area (Å²) in [6.07, 6.45) is -3.85. The van der Waals surface area contributed by atoms with Crippen molar-refractivity contribution in [2.24, 2.45) is 11.7 Å². The zero-order chi connectivity index (χ0) is 21.6. The molecule has 10 heteroatoms. The summed E-state index contributed by atoms with van der Waals surface area (Å²) >= 11 is 0. The summed E-state index contributed by atoms with van der Waals surface area (Å²) in [5.41, 5.74) is 7.86. The molecule has 0 aromatic heterocycles. The van der Waals surface area contributed by atoms with E-state index in [0.29, 0.717) is 25.1 Å². The van der Waals surface area contributed by atoms with Crippen LogP contribution in [0.5, 0.6) is 0 Å². The Morgan fingerprint density at radius 2 is 1.93 bits per heavy atom. The molecule has 3 N–H and O–H groups in total. The van der Waals surface area contributed by atoms with E-state index < -0.39 is 30.1 Å². The van der Waals surface area contributed by atoms with Gasteiger partial charge in [-0.05, 0) is 36.6 Å². The normalized spacial score (nSPS) is 27.9. The number of hydrogen-bond acceptors (Lipinski definition) is 5. The van der Waals surface area contributed by atoms with Gasteiger partial charge in [-0.3, -0.25) is 24.6 Å². The number of fused-ring (bicyclic) bond motifs is 1. The molecule has 0 saturated carbocycles. The molecule has 30 heavy (non-hydrogen) atoms. The second-order valence-corrected chi connectivity index (χ2v) is 8.23. The van der Waals surface area contributed by atoms with Crippen molar-refractivity contribution in [1.82, 2.24) is 15.1 Å². The van der Waals surface area contributed by atoms with Gasteiger partial charge in [0.15, 0.2) is 0 Å². The third-order valence-corrected chi connectivity index (χ3v) is 6.16. The number of halogens is 3. The Hall–Kier alpha value is -2.46. The van der Waals surface area contributed by atoms with E-state index in [-0.39, 0.29) is 37.7 Å². The molecule has 1 aromatic rings. The molecule has 0 spiro atoms. The number of alkyl halides is 3. The lowest BCUT2D eigenvalue weighted by Gasteiger charge is -2.37. The van der Waals surface area contributed by atoms with Crippen molar-refractivity contribution in [3.8, 4) is 0 Å². The molecule has 3 aliphatic rings. The fourth-order valence-corrected chi connectivity index (χ4v) is 4.56. The third-order valence-electron chi connectivity index (χ3n) is 6.16. The van der Waals surface area contributed by atoms with Crippen LogP contribution < -0.4 is 11.1 Å². The van der Waals surface area contributed by atoms with E-state index in [1.54, 1.807) is 6.07 Å². The monoisotopic (exact) mass is 424 g/mol. The molecule has 3 atom stereocenters. The summed E-state index contributed by atoms with van der Waals surface area (Å²) in [6.45, 7) is 1.11. The van der Waals surface area contributed by atoms with Crippen LogP contribution in [0.25, 0.3) is 0 Å². The fourth-order valence-electron chi connectivity index (χ4n) is 4.56. The standard InChI is InChI=1S/C20H23F3N4O3/c21-20(22,23)14-5-6-26(10-15(14)24)8-11-1-2-12-9-27(19(30)13(12)7-11)16-3-4-17(28)25-18(16)29/h1-2,7,14-16H,3-6,8-10,24H2,(H,25,28,29). The van der Waals surface area contributed by atoms with Crippen LogP contribution in [0.15, 0.2) is 18.2 Å². The quantitative estimate of drug-likeness (QED) is 0.710. The van der Waals surface area contributed by atoms with Gasteiger partial charge in [-0.2, -0.15) is 13.2 Å². The summed E-state index contributed by atoms with van der Waals surface area (Å²) < 4.78 is 39.0. The van der Waals surface area contributed by atoms with Gasteiger partial charge in [-0.15, -0.1) is 0 Å². The summed E-state index contributed by atoms with van der Waals surface area (Å²) in [5, 5.41) is 2.27. The highest BCUT2D eigenvalue weighted by Crippen LogP contribution is 2.34. The first-order valence-electron chi connectivity index (χ1n) is 9.94. The molecule has 3 aliphatic heterocycles. The Bertz CT molecular complexity index is 889. The predicted octanol–water partition coefficient (Wildman–Crippen LogP) is 1.16. The van der Waals surface area contributed by atoms with Gasteiger partial charge in [0.1, 0.15) is 6.04 Å². The average Bonchev–Trinajstić information content (AvgIpc) is 2.97. The van der Waals surface area contributed by atoms with Crippen LogP contribution in [-0.4, -0.2) is 58.9 Å². The lowest BCUT2D eigenvalue weighted by molar-refractivity contribution is -0.189. The number of amides is 3. The van der Waals surface area contributed by atoms with E-state index in [4.69, 9.17) is 5.73 Å². The second-order valence-electron chi connectivity index (χ2n) is 8.23. The van der Waals surface area contributed by atoms with Crippen LogP contribution in [0.1, 0.15) is 40.7 Å². The number of carbonyl (C=O) groups is 3. The summed E-state index contributed by atoms with van der Waals surface area (Å²) in [7, 11) is 0. The maximum atomic E-state index is 13.0. The Kier molecular flexibility index (Phi) is 5.31. The van der Waals surface area contributed by atoms with Gasteiger partial charge in [0.25, 0.3) is 5.91 Å². The van der Waals surface area contributed by atoms with Crippen molar-refractivity contribution in [2.75, 3.05) is 13.1 Å². The van der Waals surface area contributed by atoms with E-state index in [2.05, 4.69) is 5.32 Å². The number of nitrogens with two attached hydrogens (primary N) is 1. The Balaban J connectivity index is 1.43. The van der Waals surface area contributed by atoms with Crippen molar-refractivity contribution in [3.63, 3.8) is 0 Å². The first-order valence-corrected chi connectivity index (χ1v) is 9.94. The molecule has 0 bridgehead atoms. The molecule has 2 fully saturated rings. The number of likely N-dealkylation sites (tertiary alicyclic amines) is 1. The van der Waals surface area contributed by atoms with Crippen molar-refractivity contribution < 1.29 is 27.6 Å². The number of nitrogens with zero attached hydrogens (tertiary/aromatic N) is 2. The number of rotatable bonds is 3. The molecule has 2 saturated heterocycles. The first-order chi connectivity index (χ1) is 14.1. The molecule has 162 valence electrons. The van der Waals surface area contributed by atoms with Gasteiger partial charge in [0, 0.05) is 37.7 Å². The Morgan fingerprint density at radius 1 is 1.17 bits per heavy atom. The summed E-state index contributed by atoms with van der Waals surface area (Å²) in [5.74, 6) is -2.56. The zero-order valence-corrected chi connectivity index (χ0v) is 16.2. The summed E-state index contributed by atoms with van der Waals surface area (Å²) in [6, 6.07) is 3.76. The van der Waals surface area contributed by atoms with E-state index in [1.165, 1.54) is 4.90 Å². The molecule has 0 radical (unpaired) electrons. The molecule has 3 heterocycles. The maximum Gasteiger partial charge on any atom is 0.393 e. The summed E-state index contributed by atoms with van der Waals surface area (Å²) in [4.78, 5) is 39.7. The van der Waals surface area contributed by atoms with Crippen LogP contribution in [0, 0.1) is 5.92 Å². The number of nitrogens with one attached hydrogen (secondary N) is 1.